The zero-order chi connectivity index (χ0) is 14.3. The lowest BCUT2D eigenvalue weighted by Gasteiger charge is -1.98. The molecule has 0 aliphatic carbocycles. The van der Waals surface area contributed by atoms with Gasteiger partial charge in [-0.25, -0.2) is 14.2 Å². The highest BCUT2D eigenvalue weighted by molar-refractivity contribution is 5.99. The van der Waals surface area contributed by atoms with Gasteiger partial charge in [-0.05, 0) is 35.9 Å². The Kier molecular flexibility index (Phi) is 2.64. The summed E-state index contributed by atoms with van der Waals surface area (Å²) in [6.07, 6.45) is 1.09. The van der Waals surface area contributed by atoms with Gasteiger partial charge in [-0.15, -0.1) is 0 Å². The van der Waals surface area contributed by atoms with E-state index >= 15 is 0 Å². The summed E-state index contributed by atoms with van der Waals surface area (Å²) in [5.41, 5.74) is 1.43. The third-order valence-corrected chi connectivity index (χ3v) is 3.02. The van der Waals surface area contributed by atoms with Crippen LogP contribution in [0.5, 0.6) is 5.75 Å². The summed E-state index contributed by atoms with van der Waals surface area (Å²) in [5, 5.41) is 19.2. The van der Waals surface area contributed by atoms with Crippen LogP contribution in [0.4, 0.5) is 4.39 Å². The third-order valence-electron chi connectivity index (χ3n) is 3.02. The maximum Gasteiger partial charge on any atom is 0.341 e. The number of nitrogens with one attached hydrogen (secondary N) is 1. The summed E-state index contributed by atoms with van der Waals surface area (Å²) in [6.45, 7) is 0. The molecule has 0 spiro atoms. The monoisotopic (exact) mass is 272 g/mol. The van der Waals surface area contributed by atoms with E-state index in [2.05, 4.69) is 9.97 Å². The van der Waals surface area contributed by atoms with Crippen molar-refractivity contribution < 1.29 is 19.4 Å². The Hall–Kier alpha value is -2.89. The van der Waals surface area contributed by atoms with Gasteiger partial charge in [0.15, 0.2) is 0 Å². The molecule has 5 nitrogen and oxygen atoms in total. The molecule has 6 heteroatoms. The molecule has 20 heavy (non-hydrogen) atoms. The second-order valence-electron chi connectivity index (χ2n) is 4.28. The number of benzene rings is 1. The van der Waals surface area contributed by atoms with Crippen LogP contribution in [0.2, 0.25) is 0 Å². The van der Waals surface area contributed by atoms with Gasteiger partial charge in [-0.3, -0.25) is 0 Å². The van der Waals surface area contributed by atoms with Gasteiger partial charge in [0, 0.05) is 11.9 Å². The number of aromatic amines is 1. The molecule has 0 amide bonds. The maximum absolute atomic E-state index is 12.9. The molecule has 0 bridgehead atoms. The molecule has 3 aromatic rings. The van der Waals surface area contributed by atoms with Crippen LogP contribution in [-0.2, 0) is 0 Å². The zero-order valence-corrected chi connectivity index (χ0v) is 10.1. The number of pyridine rings is 1. The molecule has 2 heterocycles. The third kappa shape index (κ3) is 1.87. The van der Waals surface area contributed by atoms with E-state index in [0.717, 1.165) is 6.20 Å². The quantitative estimate of drug-likeness (QED) is 0.669. The second kappa shape index (κ2) is 4.34. The lowest BCUT2D eigenvalue weighted by Crippen LogP contribution is -1.97. The Balaban J connectivity index is 2.18. The zero-order valence-electron chi connectivity index (χ0n) is 10.1. The maximum atomic E-state index is 12.9. The second-order valence-corrected chi connectivity index (χ2v) is 4.28. The lowest BCUT2D eigenvalue weighted by molar-refractivity contribution is 0.0693. The Morgan fingerprint density at radius 3 is 2.60 bits per heavy atom. The minimum atomic E-state index is -1.25. The number of hydrogen-bond acceptors (Lipinski definition) is 3. The van der Waals surface area contributed by atoms with Crippen molar-refractivity contribution in [3.63, 3.8) is 0 Å². The van der Waals surface area contributed by atoms with Gasteiger partial charge in [0.2, 0.25) is 0 Å². The number of carboxylic acid groups (broad SMARTS) is 1. The highest BCUT2D eigenvalue weighted by Gasteiger charge is 2.16. The number of carbonyl (C=O) groups is 1. The van der Waals surface area contributed by atoms with Crippen molar-refractivity contribution in [3.8, 4) is 17.0 Å². The summed E-state index contributed by atoms with van der Waals surface area (Å²) < 4.78 is 12.9. The van der Waals surface area contributed by atoms with E-state index in [-0.39, 0.29) is 17.1 Å². The van der Waals surface area contributed by atoms with Gasteiger partial charge in [0.25, 0.3) is 0 Å². The van der Waals surface area contributed by atoms with Crippen molar-refractivity contribution in [2.24, 2.45) is 0 Å². The predicted octanol–water partition coefficient (Wildman–Crippen LogP) is 2.77. The molecule has 0 saturated carbocycles. The van der Waals surface area contributed by atoms with Gasteiger partial charge in [-0.2, -0.15) is 0 Å². The minimum Gasteiger partial charge on any atom is -0.506 e. The standard InChI is InChI=1S/C14H9FN2O3/c15-8-3-1-7(2-4-8)11-5-9-12(18)10(14(19)20)6-16-13(9)17-11/h1-6H,(H,19,20)(H2,16,17,18). The topological polar surface area (TPSA) is 86.2 Å². The number of rotatable bonds is 2. The molecule has 100 valence electrons. The van der Waals surface area contributed by atoms with Gasteiger partial charge in [-0.1, -0.05) is 0 Å². The number of H-pyrrole nitrogens is 1. The van der Waals surface area contributed by atoms with E-state index in [1.54, 1.807) is 18.2 Å². The van der Waals surface area contributed by atoms with Crippen molar-refractivity contribution in [1.82, 2.24) is 9.97 Å². The highest BCUT2D eigenvalue weighted by atomic mass is 19.1. The molecule has 0 aliphatic rings. The van der Waals surface area contributed by atoms with E-state index in [0.29, 0.717) is 22.3 Å². The predicted molar refractivity (Wildman–Crippen MR) is 70.1 cm³/mol. The van der Waals surface area contributed by atoms with Gasteiger partial charge >= 0.3 is 5.97 Å². The molecule has 0 atom stereocenters. The van der Waals surface area contributed by atoms with E-state index in [9.17, 15) is 14.3 Å². The Morgan fingerprint density at radius 2 is 1.95 bits per heavy atom. The average molecular weight is 272 g/mol. The largest absolute Gasteiger partial charge is 0.506 e. The van der Waals surface area contributed by atoms with Crippen LogP contribution in [0.25, 0.3) is 22.3 Å². The number of hydrogen-bond donors (Lipinski definition) is 3. The van der Waals surface area contributed by atoms with Crippen LogP contribution in [-0.4, -0.2) is 26.2 Å². The summed E-state index contributed by atoms with van der Waals surface area (Å²) in [4.78, 5) is 17.8. The fraction of sp³-hybridized carbons (Fsp3) is 0. The highest BCUT2D eigenvalue weighted by Crippen LogP contribution is 2.31. The molecular weight excluding hydrogens is 263 g/mol. The Labute approximate surface area is 112 Å². The first-order valence-electron chi connectivity index (χ1n) is 5.76. The lowest BCUT2D eigenvalue weighted by atomic mass is 10.1. The molecule has 1 aromatic carbocycles. The van der Waals surface area contributed by atoms with E-state index in [4.69, 9.17) is 5.11 Å². The van der Waals surface area contributed by atoms with E-state index < -0.39 is 5.97 Å². The van der Waals surface area contributed by atoms with Gasteiger partial charge in [0.1, 0.15) is 22.8 Å². The molecule has 2 aromatic heterocycles. The smallest absolute Gasteiger partial charge is 0.341 e. The molecule has 3 N–H and O–H groups in total. The van der Waals surface area contributed by atoms with Crippen molar-refractivity contribution in [3.05, 3.63) is 47.9 Å². The molecule has 0 saturated heterocycles. The summed E-state index contributed by atoms with van der Waals surface area (Å²) in [5.74, 6) is -1.94. The van der Waals surface area contributed by atoms with Gasteiger partial charge in [0.05, 0.1) is 5.39 Å². The van der Waals surface area contributed by atoms with Gasteiger partial charge < -0.3 is 15.2 Å². The first-order valence-corrected chi connectivity index (χ1v) is 5.76. The van der Waals surface area contributed by atoms with E-state index in [1.807, 2.05) is 0 Å². The molecule has 3 rings (SSSR count). The van der Waals surface area contributed by atoms with Crippen molar-refractivity contribution >= 4 is 17.0 Å². The molecule has 0 unspecified atom stereocenters. The number of nitrogens with zero attached hydrogens (tertiary/aromatic N) is 1. The number of halogens is 1. The molecule has 0 fully saturated rings. The minimum absolute atomic E-state index is 0.262. The number of aromatic carboxylic acids is 1. The summed E-state index contributed by atoms with van der Waals surface area (Å²) in [7, 11) is 0. The Bertz CT molecular complexity index is 809. The first-order chi connectivity index (χ1) is 9.56. The average Bonchev–Trinajstić information content (AvgIpc) is 2.84. The number of fused-ring (bicyclic) bond motifs is 1. The van der Waals surface area contributed by atoms with Crippen LogP contribution in [0, 0.1) is 5.82 Å². The number of aromatic nitrogens is 2. The normalized spacial score (nSPS) is 10.8. The Morgan fingerprint density at radius 1 is 1.25 bits per heavy atom. The van der Waals surface area contributed by atoms with Crippen molar-refractivity contribution in [2.75, 3.05) is 0 Å². The SMILES string of the molecule is O=C(O)c1cnc2[nH]c(-c3ccc(F)cc3)cc2c1O. The molecule has 0 aliphatic heterocycles. The van der Waals surface area contributed by atoms with Crippen molar-refractivity contribution in [1.29, 1.82) is 0 Å². The first kappa shape index (κ1) is 12.2. The fourth-order valence-corrected chi connectivity index (χ4v) is 2.00. The number of carboxylic acids is 1. The van der Waals surface area contributed by atoms with Crippen LogP contribution in [0.1, 0.15) is 10.4 Å². The van der Waals surface area contributed by atoms with Crippen LogP contribution in [0.3, 0.4) is 0 Å². The van der Waals surface area contributed by atoms with Crippen molar-refractivity contribution in [2.45, 2.75) is 0 Å². The molecule has 0 radical (unpaired) electrons. The van der Waals surface area contributed by atoms with Crippen LogP contribution < -0.4 is 0 Å². The summed E-state index contributed by atoms with van der Waals surface area (Å²) >= 11 is 0. The van der Waals surface area contributed by atoms with Crippen LogP contribution >= 0.6 is 0 Å². The van der Waals surface area contributed by atoms with Crippen LogP contribution in [0.15, 0.2) is 36.5 Å². The summed E-state index contributed by atoms with van der Waals surface area (Å²) in [6, 6.07) is 7.37. The number of aromatic hydroxyl groups is 1. The fourth-order valence-electron chi connectivity index (χ4n) is 2.00. The molecular formula is C14H9FN2O3. The van der Waals surface area contributed by atoms with E-state index in [1.165, 1.54) is 12.1 Å².